The first-order valence-electron chi connectivity index (χ1n) is 4.29. The molecule has 0 aromatic carbocycles. The van der Waals surface area contributed by atoms with E-state index in [1.165, 1.54) is 5.57 Å². The standard InChI is InChI=1S/C12H18/c1-6-11(5)8-9-12(7-2)10(3)4/h7-9H,3,5-6H2,1-2,4H3/b9-8-,12-7+. The Morgan fingerprint density at radius 3 is 2.17 bits per heavy atom. The summed E-state index contributed by atoms with van der Waals surface area (Å²) in [5, 5.41) is 0. The van der Waals surface area contributed by atoms with E-state index < -0.39 is 0 Å². The fourth-order valence-corrected chi connectivity index (χ4v) is 0.810. The molecule has 0 aliphatic carbocycles. The van der Waals surface area contributed by atoms with E-state index in [1.807, 2.05) is 19.9 Å². The smallest absolute Gasteiger partial charge is 0.0276 e. The lowest BCUT2D eigenvalue weighted by Crippen LogP contribution is -1.78. The molecule has 0 saturated carbocycles. The number of allylic oxidation sites excluding steroid dienone is 6. The van der Waals surface area contributed by atoms with Gasteiger partial charge in [-0.25, -0.2) is 0 Å². The van der Waals surface area contributed by atoms with Crippen LogP contribution in [0.4, 0.5) is 0 Å². The van der Waals surface area contributed by atoms with Gasteiger partial charge in [0, 0.05) is 0 Å². The van der Waals surface area contributed by atoms with Crippen molar-refractivity contribution in [2.24, 2.45) is 0 Å². The molecule has 0 fully saturated rings. The second-order valence-electron chi connectivity index (χ2n) is 2.87. The lowest BCUT2D eigenvalue weighted by atomic mass is 10.1. The molecule has 66 valence electrons. The van der Waals surface area contributed by atoms with E-state index in [2.05, 4.69) is 32.2 Å². The Bertz CT molecular complexity index is 226. The molecule has 0 aromatic heterocycles. The minimum Gasteiger partial charge on any atom is -0.0958 e. The zero-order valence-electron chi connectivity index (χ0n) is 8.35. The summed E-state index contributed by atoms with van der Waals surface area (Å²) in [5.74, 6) is 0. The maximum absolute atomic E-state index is 3.90. The number of hydrogen-bond acceptors (Lipinski definition) is 0. The van der Waals surface area contributed by atoms with Gasteiger partial charge in [0.1, 0.15) is 0 Å². The van der Waals surface area contributed by atoms with Crippen molar-refractivity contribution in [3.63, 3.8) is 0 Å². The molecule has 0 spiro atoms. The van der Waals surface area contributed by atoms with E-state index in [4.69, 9.17) is 0 Å². The van der Waals surface area contributed by atoms with Crippen LogP contribution < -0.4 is 0 Å². The second kappa shape index (κ2) is 5.59. The molecule has 0 amide bonds. The van der Waals surface area contributed by atoms with Crippen molar-refractivity contribution in [3.8, 4) is 0 Å². The molecule has 0 N–H and O–H groups in total. The Hall–Kier alpha value is -1.04. The third-order valence-electron chi connectivity index (χ3n) is 1.76. The summed E-state index contributed by atoms with van der Waals surface area (Å²) in [6.07, 6.45) is 7.17. The van der Waals surface area contributed by atoms with Crippen LogP contribution in [0, 0.1) is 0 Å². The molecule has 0 unspecified atom stereocenters. The highest BCUT2D eigenvalue weighted by Crippen LogP contribution is 2.10. The summed E-state index contributed by atoms with van der Waals surface area (Å²) in [4.78, 5) is 0. The first kappa shape index (κ1) is 11.0. The Morgan fingerprint density at radius 1 is 1.25 bits per heavy atom. The lowest BCUT2D eigenvalue weighted by Gasteiger charge is -1.98. The predicted molar refractivity (Wildman–Crippen MR) is 57.1 cm³/mol. The van der Waals surface area contributed by atoms with Crippen molar-refractivity contribution in [2.45, 2.75) is 27.2 Å². The SMILES string of the molecule is C=C(/C=C\C(=C/C)C(=C)C)CC. The molecule has 0 bridgehead atoms. The van der Waals surface area contributed by atoms with Crippen molar-refractivity contribution in [1.82, 2.24) is 0 Å². The average Bonchev–Trinajstić information content (AvgIpc) is 2.04. The monoisotopic (exact) mass is 162 g/mol. The van der Waals surface area contributed by atoms with E-state index in [0.29, 0.717) is 0 Å². The summed E-state index contributed by atoms with van der Waals surface area (Å²) in [5.41, 5.74) is 3.43. The highest BCUT2D eigenvalue weighted by Gasteiger charge is 1.89. The summed E-state index contributed by atoms with van der Waals surface area (Å²) in [6.45, 7) is 13.9. The maximum atomic E-state index is 3.90. The molecular weight excluding hydrogens is 144 g/mol. The van der Waals surface area contributed by atoms with Crippen molar-refractivity contribution >= 4 is 0 Å². The van der Waals surface area contributed by atoms with E-state index in [0.717, 1.165) is 17.6 Å². The Balaban J connectivity index is 4.32. The third kappa shape index (κ3) is 3.97. The van der Waals surface area contributed by atoms with E-state index in [9.17, 15) is 0 Å². The molecule has 0 heterocycles. The van der Waals surface area contributed by atoms with E-state index >= 15 is 0 Å². The Morgan fingerprint density at radius 2 is 1.83 bits per heavy atom. The fourth-order valence-electron chi connectivity index (χ4n) is 0.810. The first-order valence-corrected chi connectivity index (χ1v) is 4.29. The largest absolute Gasteiger partial charge is 0.0958 e. The zero-order valence-corrected chi connectivity index (χ0v) is 8.35. The van der Waals surface area contributed by atoms with Crippen LogP contribution >= 0.6 is 0 Å². The van der Waals surface area contributed by atoms with Crippen LogP contribution in [-0.4, -0.2) is 0 Å². The van der Waals surface area contributed by atoms with Gasteiger partial charge in [-0.3, -0.25) is 0 Å². The molecule has 0 nitrogen and oxygen atoms in total. The Kier molecular flexibility index (Phi) is 5.11. The minimum atomic E-state index is 1.00. The van der Waals surface area contributed by atoms with Crippen LogP contribution in [0.25, 0.3) is 0 Å². The van der Waals surface area contributed by atoms with Crippen LogP contribution in [0.1, 0.15) is 27.2 Å². The van der Waals surface area contributed by atoms with Crippen LogP contribution in [0.2, 0.25) is 0 Å². The van der Waals surface area contributed by atoms with Crippen LogP contribution in [0.15, 0.2) is 48.1 Å². The topological polar surface area (TPSA) is 0 Å². The number of rotatable bonds is 4. The quantitative estimate of drug-likeness (QED) is 0.547. The lowest BCUT2D eigenvalue weighted by molar-refractivity contribution is 1.16. The highest BCUT2D eigenvalue weighted by molar-refractivity contribution is 5.38. The zero-order chi connectivity index (χ0) is 9.56. The first-order chi connectivity index (χ1) is 5.61. The third-order valence-corrected chi connectivity index (χ3v) is 1.76. The van der Waals surface area contributed by atoms with Crippen LogP contribution in [-0.2, 0) is 0 Å². The van der Waals surface area contributed by atoms with Gasteiger partial charge < -0.3 is 0 Å². The molecule has 12 heavy (non-hydrogen) atoms. The van der Waals surface area contributed by atoms with Gasteiger partial charge in [-0.05, 0) is 25.8 Å². The predicted octanol–water partition coefficient (Wildman–Crippen LogP) is 4.03. The molecule has 0 aliphatic rings. The molecule has 0 rings (SSSR count). The normalized spacial score (nSPS) is 12.1. The van der Waals surface area contributed by atoms with Crippen LogP contribution in [0.5, 0.6) is 0 Å². The van der Waals surface area contributed by atoms with Crippen molar-refractivity contribution < 1.29 is 0 Å². The molecule has 0 saturated heterocycles. The summed E-state index contributed by atoms with van der Waals surface area (Å²) in [7, 11) is 0. The second-order valence-corrected chi connectivity index (χ2v) is 2.87. The van der Waals surface area contributed by atoms with Gasteiger partial charge in [0.25, 0.3) is 0 Å². The molecule has 0 aliphatic heterocycles. The van der Waals surface area contributed by atoms with Gasteiger partial charge in [-0.2, -0.15) is 0 Å². The summed E-state index contributed by atoms with van der Waals surface area (Å²) in [6, 6.07) is 0. The van der Waals surface area contributed by atoms with Crippen molar-refractivity contribution in [1.29, 1.82) is 0 Å². The van der Waals surface area contributed by atoms with Gasteiger partial charge >= 0.3 is 0 Å². The van der Waals surface area contributed by atoms with Gasteiger partial charge in [0.05, 0.1) is 0 Å². The van der Waals surface area contributed by atoms with Crippen molar-refractivity contribution in [3.05, 3.63) is 48.1 Å². The van der Waals surface area contributed by atoms with Gasteiger partial charge in [0.2, 0.25) is 0 Å². The molecule has 0 atom stereocenters. The average molecular weight is 162 g/mol. The van der Waals surface area contributed by atoms with Gasteiger partial charge in [0.15, 0.2) is 0 Å². The molecule has 0 aromatic rings. The van der Waals surface area contributed by atoms with Crippen LogP contribution in [0.3, 0.4) is 0 Å². The van der Waals surface area contributed by atoms with E-state index in [1.54, 1.807) is 0 Å². The van der Waals surface area contributed by atoms with Crippen molar-refractivity contribution in [2.75, 3.05) is 0 Å². The summed E-state index contributed by atoms with van der Waals surface area (Å²) >= 11 is 0. The van der Waals surface area contributed by atoms with Gasteiger partial charge in [-0.15, -0.1) is 0 Å². The Labute approximate surface area is 76.0 Å². The van der Waals surface area contributed by atoms with E-state index in [-0.39, 0.29) is 0 Å². The maximum Gasteiger partial charge on any atom is -0.0276 e. The summed E-state index contributed by atoms with van der Waals surface area (Å²) < 4.78 is 0. The highest BCUT2D eigenvalue weighted by atomic mass is 14.0. The minimum absolute atomic E-state index is 1.00. The molecule has 0 heteroatoms. The number of hydrogen-bond donors (Lipinski definition) is 0. The molecule has 0 radical (unpaired) electrons. The fraction of sp³-hybridized carbons (Fsp3) is 0.333. The van der Waals surface area contributed by atoms with Gasteiger partial charge in [-0.1, -0.05) is 49.5 Å². The molecular formula is C12H18.